The molecule has 0 spiro atoms. The van der Waals surface area contributed by atoms with Crippen molar-refractivity contribution in [3.05, 3.63) is 71.3 Å². The van der Waals surface area contributed by atoms with Crippen molar-refractivity contribution in [1.29, 1.82) is 0 Å². The Kier molecular flexibility index (Phi) is 5.98. The molecular formula is C18H23NO. The van der Waals surface area contributed by atoms with E-state index in [1.54, 1.807) is 14.0 Å². The summed E-state index contributed by atoms with van der Waals surface area (Å²) in [6, 6.07) is 10.3. The summed E-state index contributed by atoms with van der Waals surface area (Å²) in [6.07, 6.45) is 3.91. The Bertz CT molecular complexity index is 538. The van der Waals surface area contributed by atoms with E-state index in [0.717, 1.165) is 11.1 Å². The van der Waals surface area contributed by atoms with Crippen molar-refractivity contribution in [2.24, 2.45) is 0 Å². The number of hydrogen-bond donors (Lipinski definition) is 1. The summed E-state index contributed by atoms with van der Waals surface area (Å²) in [5.74, 6) is 0.208. The van der Waals surface area contributed by atoms with Gasteiger partial charge in [0.1, 0.15) is 0 Å². The Balaban J connectivity index is 2.83. The third-order valence-electron chi connectivity index (χ3n) is 3.30. The van der Waals surface area contributed by atoms with Crippen molar-refractivity contribution in [2.75, 3.05) is 7.05 Å². The zero-order valence-electron chi connectivity index (χ0n) is 12.7. The first-order valence-electron chi connectivity index (χ1n) is 6.78. The van der Waals surface area contributed by atoms with E-state index in [1.807, 2.05) is 37.3 Å². The second-order valence-electron chi connectivity index (χ2n) is 5.00. The fourth-order valence-corrected chi connectivity index (χ4v) is 2.02. The minimum atomic E-state index is -0.0560. The first-order chi connectivity index (χ1) is 9.45. The summed E-state index contributed by atoms with van der Waals surface area (Å²) in [4.78, 5) is 11.5. The van der Waals surface area contributed by atoms with Crippen LogP contribution in [0.1, 0.15) is 32.3 Å². The summed E-state index contributed by atoms with van der Waals surface area (Å²) < 4.78 is 0. The van der Waals surface area contributed by atoms with Crippen molar-refractivity contribution in [2.45, 2.75) is 26.7 Å². The zero-order valence-corrected chi connectivity index (χ0v) is 12.7. The lowest BCUT2D eigenvalue weighted by atomic mass is 9.92. The standard InChI is InChI=1S/C18H23NO/c1-13(12-15(3)18(20)19-5)11-14(2)16(4)17-9-7-6-8-10-17/h6-12,16H,2H2,1,3-5H3,(H,19,20)/b13-11-,15-12+. The molecule has 0 aliphatic heterocycles. The predicted octanol–water partition coefficient (Wildman–Crippen LogP) is 3.98. The quantitative estimate of drug-likeness (QED) is 0.635. The van der Waals surface area contributed by atoms with Gasteiger partial charge in [0.05, 0.1) is 0 Å². The van der Waals surface area contributed by atoms with Crippen LogP contribution in [0, 0.1) is 0 Å². The molecule has 0 fully saturated rings. The molecule has 0 aliphatic carbocycles. The molecule has 106 valence electrons. The topological polar surface area (TPSA) is 29.1 Å². The number of amides is 1. The molecule has 0 bridgehead atoms. The number of allylic oxidation sites excluding steroid dienone is 4. The molecule has 1 N–H and O–H groups in total. The molecule has 1 aromatic rings. The number of carbonyl (C=O) groups excluding carboxylic acids is 1. The Morgan fingerprint density at radius 1 is 1.20 bits per heavy atom. The number of likely N-dealkylation sites (N-methyl/N-ethyl adjacent to an activating group) is 1. The van der Waals surface area contributed by atoms with Crippen LogP contribution < -0.4 is 5.32 Å². The maximum atomic E-state index is 11.5. The smallest absolute Gasteiger partial charge is 0.246 e. The molecule has 0 aromatic heterocycles. The van der Waals surface area contributed by atoms with Crippen LogP contribution in [0.3, 0.4) is 0 Å². The molecule has 1 aromatic carbocycles. The van der Waals surface area contributed by atoms with Gasteiger partial charge in [-0.05, 0) is 25.0 Å². The van der Waals surface area contributed by atoms with Gasteiger partial charge in [-0.15, -0.1) is 0 Å². The highest BCUT2D eigenvalue weighted by atomic mass is 16.1. The van der Waals surface area contributed by atoms with E-state index in [9.17, 15) is 4.79 Å². The maximum Gasteiger partial charge on any atom is 0.246 e. The number of hydrogen-bond acceptors (Lipinski definition) is 1. The number of rotatable bonds is 5. The summed E-state index contributed by atoms with van der Waals surface area (Å²) >= 11 is 0. The van der Waals surface area contributed by atoms with Crippen molar-refractivity contribution < 1.29 is 4.79 Å². The van der Waals surface area contributed by atoms with Gasteiger partial charge in [0, 0.05) is 18.5 Å². The lowest BCUT2D eigenvalue weighted by Crippen LogP contribution is -2.18. The van der Waals surface area contributed by atoms with E-state index in [1.165, 1.54) is 5.56 Å². The molecule has 1 amide bonds. The summed E-state index contributed by atoms with van der Waals surface area (Å²) in [5, 5.41) is 2.62. The fraction of sp³-hybridized carbons (Fsp3) is 0.278. The molecule has 20 heavy (non-hydrogen) atoms. The van der Waals surface area contributed by atoms with Crippen LogP contribution in [0.25, 0.3) is 0 Å². The molecule has 1 atom stereocenters. The van der Waals surface area contributed by atoms with Gasteiger partial charge >= 0.3 is 0 Å². The highest BCUT2D eigenvalue weighted by molar-refractivity contribution is 5.93. The third-order valence-corrected chi connectivity index (χ3v) is 3.30. The molecule has 0 saturated heterocycles. The Morgan fingerprint density at radius 2 is 1.80 bits per heavy atom. The largest absolute Gasteiger partial charge is 0.355 e. The Hall–Kier alpha value is -2.09. The van der Waals surface area contributed by atoms with Crippen molar-refractivity contribution >= 4 is 5.91 Å². The highest BCUT2D eigenvalue weighted by Gasteiger charge is 2.07. The summed E-state index contributed by atoms with van der Waals surface area (Å²) in [6.45, 7) is 10.1. The van der Waals surface area contributed by atoms with Crippen LogP contribution in [0.5, 0.6) is 0 Å². The van der Waals surface area contributed by atoms with Gasteiger partial charge in [0.2, 0.25) is 5.91 Å². The molecule has 1 rings (SSSR count). The fourth-order valence-electron chi connectivity index (χ4n) is 2.02. The lowest BCUT2D eigenvalue weighted by molar-refractivity contribution is -0.116. The van der Waals surface area contributed by atoms with Crippen LogP contribution in [0.15, 0.2) is 65.8 Å². The van der Waals surface area contributed by atoms with Crippen LogP contribution >= 0.6 is 0 Å². The van der Waals surface area contributed by atoms with E-state index in [0.29, 0.717) is 5.57 Å². The average molecular weight is 269 g/mol. The van der Waals surface area contributed by atoms with Gasteiger partial charge in [-0.1, -0.05) is 61.6 Å². The molecule has 2 heteroatoms. The molecule has 0 heterocycles. The molecule has 1 unspecified atom stereocenters. The third kappa shape index (κ3) is 4.54. The van der Waals surface area contributed by atoms with Crippen LogP contribution in [-0.4, -0.2) is 13.0 Å². The lowest BCUT2D eigenvalue weighted by Gasteiger charge is -2.12. The van der Waals surface area contributed by atoms with Crippen LogP contribution in [0.2, 0.25) is 0 Å². The van der Waals surface area contributed by atoms with E-state index in [4.69, 9.17) is 0 Å². The van der Waals surface area contributed by atoms with Crippen LogP contribution in [-0.2, 0) is 4.79 Å². The van der Waals surface area contributed by atoms with E-state index < -0.39 is 0 Å². The first kappa shape index (κ1) is 16.0. The van der Waals surface area contributed by atoms with Crippen molar-refractivity contribution in [1.82, 2.24) is 5.32 Å². The van der Waals surface area contributed by atoms with E-state index >= 15 is 0 Å². The molecule has 0 aliphatic rings. The second kappa shape index (κ2) is 7.49. The predicted molar refractivity (Wildman–Crippen MR) is 85.6 cm³/mol. The second-order valence-corrected chi connectivity index (χ2v) is 5.00. The SMILES string of the molecule is C=C(/C=C(C)\C=C(/C)C(=O)NC)C(C)c1ccccc1. The average Bonchev–Trinajstić information content (AvgIpc) is 2.46. The van der Waals surface area contributed by atoms with Gasteiger partial charge in [-0.25, -0.2) is 0 Å². The maximum absolute atomic E-state index is 11.5. The van der Waals surface area contributed by atoms with Gasteiger partial charge in [0.25, 0.3) is 0 Å². The summed E-state index contributed by atoms with van der Waals surface area (Å²) in [5.41, 5.74) is 4.00. The zero-order chi connectivity index (χ0) is 15.1. The molecular weight excluding hydrogens is 246 g/mol. The first-order valence-corrected chi connectivity index (χ1v) is 6.78. The van der Waals surface area contributed by atoms with E-state index in [2.05, 4.69) is 31.0 Å². The van der Waals surface area contributed by atoms with Gasteiger partial charge in [-0.2, -0.15) is 0 Å². The Labute approximate surface area is 121 Å². The van der Waals surface area contributed by atoms with Gasteiger partial charge < -0.3 is 5.32 Å². The minimum Gasteiger partial charge on any atom is -0.355 e. The normalized spacial score (nSPS) is 13.8. The van der Waals surface area contributed by atoms with Gasteiger partial charge in [0.15, 0.2) is 0 Å². The Morgan fingerprint density at radius 3 is 2.35 bits per heavy atom. The molecule has 0 saturated carbocycles. The molecule has 2 nitrogen and oxygen atoms in total. The van der Waals surface area contributed by atoms with Crippen LogP contribution in [0.4, 0.5) is 0 Å². The van der Waals surface area contributed by atoms with Crippen molar-refractivity contribution in [3.63, 3.8) is 0 Å². The minimum absolute atomic E-state index is 0.0560. The number of carbonyl (C=O) groups is 1. The van der Waals surface area contributed by atoms with Crippen molar-refractivity contribution in [3.8, 4) is 0 Å². The van der Waals surface area contributed by atoms with Gasteiger partial charge in [-0.3, -0.25) is 4.79 Å². The monoisotopic (exact) mass is 269 g/mol. The summed E-state index contributed by atoms with van der Waals surface area (Å²) in [7, 11) is 1.63. The highest BCUT2D eigenvalue weighted by Crippen LogP contribution is 2.24. The molecule has 0 radical (unpaired) electrons. The number of benzene rings is 1. The van der Waals surface area contributed by atoms with E-state index in [-0.39, 0.29) is 11.8 Å². The number of nitrogens with one attached hydrogen (secondary N) is 1.